The monoisotopic (exact) mass is 1170 g/mol. The van der Waals surface area contributed by atoms with E-state index in [-0.39, 0.29) is 68.5 Å². The predicted octanol–water partition coefficient (Wildman–Crippen LogP) is 6.21. The van der Waals surface area contributed by atoms with Gasteiger partial charge in [-0.2, -0.15) is 16.8 Å². The van der Waals surface area contributed by atoms with Gasteiger partial charge >= 0.3 is 5.69 Å². The molecule has 5 heterocycles. The number of H-pyrrole nitrogens is 1. The molecule has 0 radical (unpaired) electrons. The van der Waals surface area contributed by atoms with Crippen molar-refractivity contribution in [2.24, 2.45) is 0 Å². The Balaban J connectivity index is 0.715. The van der Waals surface area contributed by atoms with Gasteiger partial charge in [-0.1, -0.05) is 61.2 Å². The van der Waals surface area contributed by atoms with Crippen LogP contribution in [0.5, 0.6) is 11.5 Å². The van der Waals surface area contributed by atoms with Gasteiger partial charge in [-0.15, -0.1) is 0 Å². The lowest BCUT2D eigenvalue weighted by Crippen LogP contribution is -2.34. The van der Waals surface area contributed by atoms with Crippen molar-refractivity contribution in [3.05, 3.63) is 180 Å². The van der Waals surface area contributed by atoms with Crippen LogP contribution in [0.2, 0.25) is 0 Å². The first kappa shape index (κ1) is 56.0. The highest BCUT2D eigenvalue weighted by Crippen LogP contribution is 2.51. The average molecular weight is 1170 g/mol. The van der Waals surface area contributed by atoms with Gasteiger partial charge in [0.1, 0.15) is 37.4 Å². The number of hydrogen-bond acceptors (Lipinski definition) is 12. The molecule has 21 heteroatoms. The number of anilines is 2. The zero-order valence-electron chi connectivity index (χ0n) is 45.8. The fraction of sp³-hybridized carbons (Fsp3) is 0.286. The molecule has 0 bridgehead atoms. The number of carbonyl (C=O) groups is 2. The zero-order valence-corrected chi connectivity index (χ0v) is 47.4. The van der Waals surface area contributed by atoms with E-state index in [1.54, 1.807) is 42.5 Å². The van der Waals surface area contributed by atoms with Crippen LogP contribution in [0.25, 0.3) is 38.4 Å². The van der Waals surface area contributed by atoms with E-state index in [9.17, 15) is 45.1 Å². The number of rotatable bonds is 17. The van der Waals surface area contributed by atoms with Crippen molar-refractivity contribution in [3.63, 3.8) is 0 Å². The number of benzene rings is 7. The van der Waals surface area contributed by atoms with E-state index < -0.39 is 43.5 Å². The molecule has 7 aromatic carbocycles. The maximum atomic E-state index is 13.6. The standard InChI is InChI=1S/C63H58N6O13S2/c1-2-45-19-22-55(81-45)69-37-43(62(72)66-63(69)73)10-5-6-29-80-30-25-64-60(70)39-13-11-38(12-14-39)36-65-61(71)40-15-17-44(18-16-40)68-28-24-49-57(68)51-33-42-9-4-3-8-41(42)32-50(51)54-35-53-47-21-20-46(84(77,78)79)34-52(47)56-48(58(53)82-59(49)54)23-27-67(56)26-7-31-83(74,75)76/h3-4,8-9,11-18,20-21,32-35,37,45,55H,2,7,10,19,22-31,36H2,1H3,(H4-,64,65,66,70,71,72,73,74,75,76,77,78,79)/p+1/t45-,55-/m1/s1. The molecule has 0 unspecified atom stereocenters. The number of hydrogen-bond donors (Lipinski definition) is 5. The molecule has 19 nitrogen and oxygen atoms in total. The van der Waals surface area contributed by atoms with Gasteiger partial charge in [-0.25, -0.2) is 9.37 Å². The third-order valence-electron chi connectivity index (χ3n) is 16.1. The summed E-state index contributed by atoms with van der Waals surface area (Å²) in [6.45, 7) is 4.17. The summed E-state index contributed by atoms with van der Waals surface area (Å²) >= 11 is 0. The highest BCUT2D eigenvalue weighted by molar-refractivity contribution is 7.86. The molecule has 4 aliphatic rings. The zero-order chi connectivity index (χ0) is 58.4. The van der Waals surface area contributed by atoms with Gasteiger partial charge in [0, 0.05) is 89.2 Å². The van der Waals surface area contributed by atoms with Crippen molar-refractivity contribution in [3.8, 4) is 23.3 Å². The second-order valence-electron chi connectivity index (χ2n) is 21.4. The largest absolute Gasteiger partial charge is 0.455 e. The van der Waals surface area contributed by atoms with Crippen LogP contribution >= 0.6 is 0 Å². The summed E-state index contributed by atoms with van der Waals surface area (Å²) < 4.78 is 90.2. The minimum Gasteiger partial charge on any atom is -0.455 e. The lowest BCUT2D eigenvalue weighted by Gasteiger charge is -2.26. The van der Waals surface area contributed by atoms with Crippen LogP contribution in [0.15, 0.2) is 124 Å². The highest BCUT2D eigenvalue weighted by atomic mass is 32.2. The molecule has 0 aliphatic carbocycles. The molecular formula is C63H59N6O13S2+. The topological polar surface area (TPSA) is 256 Å². The van der Waals surface area contributed by atoms with E-state index in [2.05, 4.69) is 62.7 Å². The third-order valence-corrected chi connectivity index (χ3v) is 17.8. The SMILES string of the molecule is CC[C@@H]1CC[C@H](n2cc(CC#CCOCCNC(=O)c3ccc(CNC(=O)c4ccc(N5CCc6c7c(c8cc9ccccc9cc8c65)C=c5c(c6c(c8cc(S(=O)(=O)O)ccc58)=[N+](CCCS(=O)(=O)O)CC6)O7)cc4)cc3)c(=O)[nH]c2=O)O1. The first-order chi connectivity index (χ1) is 40.5. The fourth-order valence-corrected chi connectivity index (χ4v) is 13.0. The summed E-state index contributed by atoms with van der Waals surface area (Å²) in [6.07, 6.45) is 7.10. The van der Waals surface area contributed by atoms with Crippen LogP contribution in [0.4, 0.5) is 11.4 Å². The van der Waals surface area contributed by atoms with Gasteiger partial charge in [0.15, 0.2) is 0 Å². The second kappa shape index (κ2) is 22.9. The minimum absolute atomic E-state index is 0.0855. The number of nitrogens with one attached hydrogen (secondary N) is 3. The molecule has 430 valence electrons. The quantitative estimate of drug-likeness (QED) is 0.0224. The van der Waals surface area contributed by atoms with Crippen molar-refractivity contribution in [1.82, 2.24) is 24.8 Å². The Morgan fingerprint density at radius 2 is 1.56 bits per heavy atom. The number of aromatic amines is 1. The predicted molar refractivity (Wildman–Crippen MR) is 318 cm³/mol. The van der Waals surface area contributed by atoms with Crippen molar-refractivity contribution in [2.75, 3.05) is 50.0 Å². The number of nitrogens with zero attached hydrogens (tertiary/aromatic N) is 3. The van der Waals surface area contributed by atoms with Crippen LogP contribution < -0.4 is 46.7 Å². The van der Waals surface area contributed by atoms with Gasteiger partial charge in [-0.3, -0.25) is 33.0 Å². The van der Waals surface area contributed by atoms with Gasteiger partial charge in [0.25, 0.3) is 37.6 Å². The molecule has 1 fully saturated rings. The van der Waals surface area contributed by atoms with Crippen LogP contribution in [-0.4, -0.2) is 98.6 Å². The molecule has 0 saturated carbocycles. The van der Waals surface area contributed by atoms with Crippen molar-refractivity contribution >= 4 is 81.8 Å². The van der Waals surface area contributed by atoms with Crippen molar-refractivity contribution in [1.29, 1.82) is 0 Å². The highest BCUT2D eigenvalue weighted by Gasteiger charge is 2.35. The maximum Gasteiger partial charge on any atom is 0.330 e. The Morgan fingerprint density at radius 3 is 2.29 bits per heavy atom. The van der Waals surface area contributed by atoms with Gasteiger partial charge in [-0.05, 0) is 120 Å². The van der Waals surface area contributed by atoms with E-state index in [1.165, 1.54) is 22.9 Å². The Bertz CT molecular complexity index is 4590. The van der Waals surface area contributed by atoms with Crippen LogP contribution in [0.3, 0.4) is 0 Å². The molecule has 2 atom stereocenters. The maximum absolute atomic E-state index is 13.6. The number of aromatic nitrogens is 2. The van der Waals surface area contributed by atoms with Gasteiger partial charge in [0.2, 0.25) is 5.36 Å². The van der Waals surface area contributed by atoms with Crippen LogP contribution in [-0.2, 0) is 55.5 Å². The summed E-state index contributed by atoms with van der Waals surface area (Å²) in [5.41, 5.74) is 5.62. The van der Waals surface area contributed by atoms with E-state index in [0.717, 1.165) is 73.2 Å². The summed E-state index contributed by atoms with van der Waals surface area (Å²) in [5, 5.41) is 12.6. The molecule has 5 N–H and O–H groups in total. The Labute approximate surface area is 482 Å². The van der Waals surface area contributed by atoms with E-state index in [4.69, 9.17) is 14.2 Å². The smallest absolute Gasteiger partial charge is 0.330 e. The molecule has 84 heavy (non-hydrogen) atoms. The van der Waals surface area contributed by atoms with Gasteiger partial charge < -0.3 is 29.7 Å². The van der Waals surface area contributed by atoms with E-state index in [0.29, 0.717) is 76.7 Å². The van der Waals surface area contributed by atoms with Crippen LogP contribution in [0.1, 0.15) is 87.4 Å². The van der Waals surface area contributed by atoms with Crippen molar-refractivity contribution in [2.45, 2.75) is 75.6 Å². The number of carbonyl (C=O) groups excluding carboxylic acids is 2. The number of fused-ring (bicyclic) bond motifs is 13. The Morgan fingerprint density at radius 1 is 0.821 bits per heavy atom. The Kier molecular flexibility index (Phi) is 15.3. The Hall–Kier alpha value is -8.49. The van der Waals surface area contributed by atoms with Crippen LogP contribution in [0, 0.1) is 11.8 Å². The summed E-state index contributed by atoms with van der Waals surface area (Å²) in [4.78, 5) is 55.7. The first-order valence-electron chi connectivity index (χ1n) is 27.9. The molecule has 1 aromatic heterocycles. The number of ether oxygens (including phenoxy) is 3. The minimum atomic E-state index is -4.58. The molecule has 12 rings (SSSR count). The third kappa shape index (κ3) is 11.2. The van der Waals surface area contributed by atoms with E-state index >= 15 is 0 Å². The van der Waals surface area contributed by atoms with Crippen molar-refractivity contribution < 1.29 is 49.7 Å². The van der Waals surface area contributed by atoms with E-state index in [1.807, 2.05) is 35.8 Å². The molecule has 8 aromatic rings. The molecule has 0 spiro atoms. The molecule has 2 amide bonds. The molecule has 4 aliphatic heterocycles. The lowest BCUT2D eigenvalue weighted by molar-refractivity contribution is -0.00214. The normalized spacial score (nSPS) is 16.1. The molecule has 1 saturated heterocycles. The summed E-state index contributed by atoms with van der Waals surface area (Å²) in [5.74, 6) is 6.11. The molecular weight excluding hydrogens is 1110 g/mol. The summed E-state index contributed by atoms with van der Waals surface area (Å²) in [6, 6.07) is 31.4. The fourth-order valence-electron chi connectivity index (χ4n) is 12.0. The lowest BCUT2D eigenvalue weighted by atomic mass is 9.91. The number of amides is 2. The summed E-state index contributed by atoms with van der Waals surface area (Å²) in [7, 11) is -8.80. The average Bonchev–Trinajstić information content (AvgIpc) is 1.83. The van der Waals surface area contributed by atoms with Gasteiger partial charge in [0.05, 0.1) is 40.0 Å². The first-order valence-corrected chi connectivity index (χ1v) is 30.9. The second-order valence-corrected chi connectivity index (χ2v) is 24.4.